The highest BCUT2D eigenvalue weighted by atomic mass is 16.6. The van der Waals surface area contributed by atoms with E-state index in [2.05, 4.69) is 5.32 Å². The van der Waals surface area contributed by atoms with Gasteiger partial charge in [0.2, 0.25) is 0 Å². The molecule has 0 bridgehead atoms. The van der Waals surface area contributed by atoms with Crippen LogP contribution >= 0.6 is 0 Å². The van der Waals surface area contributed by atoms with E-state index in [1.165, 1.54) is 7.11 Å². The highest BCUT2D eigenvalue weighted by molar-refractivity contribution is 5.86. The highest BCUT2D eigenvalue weighted by Gasteiger charge is 2.09. The molecule has 0 heterocycles. The lowest BCUT2D eigenvalue weighted by Crippen LogP contribution is -2.17. The summed E-state index contributed by atoms with van der Waals surface area (Å²) in [6, 6.07) is 14.5. The fourth-order valence-electron chi connectivity index (χ4n) is 1.58. The van der Waals surface area contributed by atoms with Crippen molar-refractivity contribution in [3.05, 3.63) is 54.1 Å². The third kappa shape index (κ3) is 3.48. The van der Waals surface area contributed by atoms with Gasteiger partial charge in [-0.25, -0.2) is 4.79 Å². The minimum Gasteiger partial charge on any atom is -0.493 e. The molecule has 0 atom stereocenters. The molecule has 4 heteroatoms. The van der Waals surface area contributed by atoms with Crippen LogP contribution in [0, 0.1) is 6.92 Å². The fourth-order valence-corrected chi connectivity index (χ4v) is 1.58. The molecule has 0 aliphatic heterocycles. The smallest absolute Gasteiger partial charge is 0.417 e. The van der Waals surface area contributed by atoms with Crippen LogP contribution in [0.1, 0.15) is 5.56 Å². The lowest BCUT2D eigenvalue weighted by atomic mass is 10.2. The molecule has 2 rings (SSSR count). The number of nitrogens with one attached hydrogen (secondary N) is 1. The second-order valence-corrected chi connectivity index (χ2v) is 4.03. The van der Waals surface area contributed by atoms with Gasteiger partial charge < -0.3 is 9.47 Å². The molecule has 1 N–H and O–H groups in total. The van der Waals surface area contributed by atoms with Gasteiger partial charge in [0.25, 0.3) is 0 Å². The molecule has 0 unspecified atom stereocenters. The van der Waals surface area contributed by atoms with E-state index in [4.69, 9.17) is 9.47 Å². The van der Waals surface area contributed by atoms with Gasteiger partial charge in [0.1, 0.15) is 0 Å². The normalized spacial score (nSPS) is 9.79. The zero-order valence-corrected chi connectivity index (χ0v) is 10.8. The number of methoxy groups -OCH3 is 1. The Labute approximate surface area is 112 Å². The summed E-state index contributed by atoms with van der Waals surface area (Å²) in [6.07, 6.45) is -0.548. The van der Waals surface area contributed by atoms with Crippen molar-refractivity contribution >= 4 is 11.8 Å². The quantitative estimate of drug-likeness (QED) is 0.913. The van der Waals surface area contributed by atoms with E-state index < -0.39 is 6.09 Å². The highest BCUT2D eigenvalue weighted by Crippen LogP contribution is 2.26. The number of ether oxygens (including phenoxy) is 2. The number of anilines is 1. The van der Waals surface area contributed by atoms with E-state index in [-0.39, 0.29) is 0 Å². The third-order valence-corrected chi connectivity index (χ3v) is 2.57. The largest absolute Gasteiger partial charge is 0.493 e. The van der Waals surface area contributed by atoms with Crippen molar-refractivity contribution in [3.63, 3.8) is 0 Å². The zero-order valence-electron chi connectivity index (χ0n) is 10.8. The molecule has 0 saturated heterocycles. The molecule has 2 aromatic rings. The molecule has 0 aliphatic carbocycles. The molecule has 0 aromatic heterocycles. The number of carbonyl (C=O) groups excluding carboxylic acids is 1. The van der Waals surface area contributed by atoms with Crippen molar-refractivity contribution in [1.29, 1.82) is 0 Å². The average Bonchev–Trinajstić information content (AvgIpc) is 2.42. The summed E-state index contributed by atoms with van der Waals surface area (Å²) in [5.74, 6) is 0.899. The third-order valence-electron chi connectivity index (χ3n) is 2.57. The number of para-hydroxylation sites is 2. The zero-order chi connectivity index (χ0) is 13.7. The Morgan fingerprint density at radius 1 is 1.00 bits per heavy atom. The molecule has 19 heavy (non-hydrogen) atoms. The van der Waals surface area contributed by atoms with Gasteiger partial charge in [-0.2, -0.15) is 0 Å². The molecule has 2 aromatic carbocycles. The van der Waals surface area contributed by atoms with Crippen LogP contribution in [-0.4, -0.2) is 13.2 Å². The van der Waals surface area contributed by atoms with Crippen LogP contribution < -0.4 is 14.8 Å². The predicted molar refractivity (Wildman–Crippen MR) is 73.8 cm³/mol. The van der Waals surface area contributed by atoms with Crippen LogP contribution in [0.5, 0.6) is 11.5 Å². The first-order chi connectivity index (χ1) is 9.19. The number of carbonyl (C=O) groups is 1. The fraction of sp³-hybridized carbons (Fsp3) is 0.133. The average molecular weight is 257 g/mol. The van der Waals surface area contributed by atoms with Crippen molar-refractivity contribution in [1.82, 2.24) is 0 Å². The van der Waals surface area contributed by atoms with Crippen molar-refractivity contribution in [3.8, 4) is 11.5 Å². The molecule has 0 radical (unpaired) electrons. The maximum absolute atomic E-state index is 11.7. The van der Waals surface area contributed by atoms with Crippen molar-refractivity contribution in [2.45, 2.75) is 6.92 Å². The van der Waals surface area contributed by atoms with Gasteiger partial charge in [-0.15, -0.1) is 0 Å². The first-order valence-electron chi connectivity index (χ1n) is 5.87. The summed E-state index contributed by atoms with van der Waals surface area (Å²) in [5.41, 5.74) is 1.81. The van der Waals surface area contributed by atoms with Crippen LogP contribution in [0.4, 0.5) is 10.5 Å². The maximum atomic E-state index is 11.7. The van der Waals surface area contributed by atoms with Crippen LogP contribution in [0.25, 0.3) is 0 Å². The summed E-state index contributed by atoms with van der Waals surface area (Å²) < 4.78 is 10.3. The summed E-state index contributed by atoms with van der Waals surface area (Å²) in [6.45, 7) is 1.98. The number of rotatable bonds is 3. The Hall–Kier alpha value is -2.49. The first kappa shape index (κ1) is 13.0. The van der Waals surface area contributed by atoms with E-state index >= 15 is 0 Å². The van der Waals surface area contributed by atoms with E-state index in [0.717, 1.165) is 5.56 Å². The Kier molecular flexibility index (Phi) is 4.03. The van der Waals surface area contributed by atoms with Gasteiger partial charge in [0.05, 0.1) is 7.11 Å². The van der Waals surface area contributed by atoms with Crippen LogP contribution in [-0.2, 0) is 0 Å². The number of benzene rings is 2. The van der Waals surface area contributed by atoms with Crippen LogP contribution in [0.3, 0.4) is 0 Å². The Bertz CT molecular complexity index is 564. The topological polar surface area (TPSA) is 47.6 Å². The van der Waals surface area contributed by atoms with Gasteiger partial charge in [0.15, 0.2) is 11.5 Å². The van der Waals surface area contributed by atoms with Crippen LogP contribution in [0.2, 0.25) is 0 Å². The summed E-state index contributed by atoms with van der Waals surface area (Å²) >= 11 is 0. The predicted octanol–water partition coefficient (Wildman–Crippen LogP) is 3.61. The van der Waals surface area contributed by atoms with E-state index in [1.807, 2.05) is 37.3 Å². The van der Waals surface area contributed by atoms with Gasteiger partial charge in [-0.1, -0.05) is 29.8 Å². The molecular weight excluding hydrogens is 242 g/mol. The van der Waals surface area contributed by atoms with Crippen molar-refractivity contribution < 1.29 is 14.3 Å². The second kappa shape index (κ2) is 5.91. The summed E-state index contributed by atoms with van der Waals surface area (Å²) in [4.78, 5) is 11.7. The Balaban J connectivity index is 2.03. The van der Waals surface area contributed by atoms with Gasteiger partial charge in [-0.3, -0.25) is 5.32 Å². The Morgan fingerprint density at radius 2 is 1.63 bits per heavy atom. The van der Waals surface area contributed by atoms with E-state index in [9.17, 15) is 4.79 Å². The van der Waals surface area contributed by atoms with E-state index in [1.54, 1.807) is 18.2 Å². The molecule has 0 aliphatic rings. The van der Waals surface area contributed by atoms with Gasteiger partial charge in [-0.05, 0) is 31.2 Å². The van der Waals surface area contributed by atoms with Crippen molar-refractivity contribution in [2.24, 2.45) is 0 Å². The molecule has 0 spiro atoms. The first-order valence-corrected chi connectivity index (χ1v) is 5.87. The second-order valence-electron chi connectivity index (χ2n) is 4.03. The van der Waals surface area contributed by atoms with Crippen molar-refractivity contribution in [2.75, 3.05) is 12.4 Å². The maximum Gasteiger partial charge on any atom is 0.417 e. The monoisotopic (exact) mass is 257 g/mol. The minimum absolute atomic E-state index is 0.384. The molecule has 1 amide bonds. The molecule has 4 nitrogen and oxygen atoms in total. The molecule has 0 fully saturated rings. The molecule has 0 saturated carbocycles. The van der Waals surface area contributed by atoms with Gasteiger partial charge >= 0.3 is 6.09 Å². The van der Waals surface area contributed by atoms with Gasteiger partial charge in [0, 0.05) is 5.69 Å². The number of hydrogen-bond acceptors (Lipinski definition) is 3. The standard InChI is InChI=1S/C15H15NO3/c1-11-7-9-12(10-8-11)16-15(17)19-14-6-4-3-5-13(14)18-2/h3-10H,1-2H3,(H,16,17). The Morgan fingerprint density at radius 3 is 2.26 bits per heavy atom. The lowest BCUT2D eigenvalue weighted by Gasteiger charge is -2.09. The van der Waals surface area contributed by atoms with Crippen LogP contribution in [0.15, 0.2) is 48.5 Å². The summed E-state index contributed by atoms with van der Waals surface area (Å²) in [5, 5.41) is 2.65. The number of hydrogen-bond donors (Lipinski definition) is 1. The number of amides is 1. The lowest BCUT2D eigenvalue weighted by molar-refractivity contribution is 0.213. The minimum atomic E-state index is -0.548. The molecule has 98 valence electrons. The SMILES string of the molecule is COc1ccccc1OC(=O)Nc1ccc(C)cc1. The summed E-state index contributed by atoms with van der Waals surface area (Å²) in [7, 11) is 1.53. The molecular formula is C15H15NO3. The number of aryl methyl sites for hydroxylation is 1. The van der Waals surface area contributed by atoms with E-state index in [0.29, 0.717) is 17.2 Å².